The van der Waals surface area contributed by atoms with Crippen LogP contribution in [-0.4, -0.2) is 52.6 Å². The summed E-state index contributed by atoms with van der Waals surface area (Å²) in [7, 11) is 1.72. The first-order chi connectivity index (χ1) is 8.20. The van der Waals surface area contributed by atoms with E-state index in [-0.39, 0.29) is 12.6 Å². The van der Waals surface area contributed by atoms with Gasteiger partial charge in [0.15, 0.2) is 0 Å². The van der Waals surface area contributed by atoms with E-state index >= 15 is 0 Å². The minimum Gasteiger partial charge on any atom is -0.480 e. The van der Waals surface area contributed by atoms with Crippen LogP contribution in [0.4, 0.5) is 4.79 Å². The Balaban J connectivity index is 4.59. The van der Waals surface area contributed by atoms with Gasteiger partial charge in [0.1, 0.15) is 6.54 Å². The molecule has 0 fully saturated rings. The largest absolute Gasteiger partial charge is 0.480 e. The Labute approximate surface area is 110 Å². The first-order valence-electron chi connectivity index (χ1n) is 6.44. The second kappa shape index (κ2) is 7.24. The van der Waals surface area contributed by atoms with E-state index in [0.29, 0.717) is 6.54 Å². The molecule has 0 bridgehead atoms. The van der Waals surface area contributed by atoms with Gasteiger partial charge in [0.2, 0.25) is 0 Å². The molecular weight excluding hydrogens is 232 g/mol. The van der Waals surface area contributed by atoms with Crippen LogP contribution in [0.25, 0.3) is 0 Å². The summed E-state index contributed by atoms with van der Waals surface area (Å²) >= 11 is 0. The third-order valence-corrected chi connectivity index (χ3v) is 2.76. The van der Waals surface area contributed by atoms with E-state index < -0.39 is 11.5 Å². The van der Waals surface area contributed by atoms with Gasteiger partial charge in [0.05, 0.1) is 0 Å². The molecule has 5 heteroatoms. The summed E-state index contributed by atoms with van der Waals surface area (Å²) in [6.07, 6.45) is 3.12. The standard InChI is InChI=1S/C13H26N2O3/c1-6-7-8-9-14(5)12(18)15(10-11(16)17)13(2,3)4/h6-10H2,1-5H3,(H,16,17). The Kier molecular flexibility index (Phi) is 6.73. The normalized spacial score (nSPS) is 11.2. The lowest BCUT2D eigenvalue weighted by Crippen LogP contribution is -2.53. The molecule has 0 aromatic carbocycles. The van der Waals surface area contributed by atoms with E-state index in [0.717, 1.165) is 19.3 Å². The number of rotatable bonds is 6. The molecule has 106 valence electrons. The van der Waals surface area contributed by atoms with E-state index in [1.807, 2.05) is 20.8 Å². The Morgan fingerprint density at radius 3 is 2.11 bits per heavy atom. The van der Waals surface area contributed by atoms with Crippen LogP contribution in [0.15, 0.2) is 0 Å². The monoisotopic (exact) mass is 258 g/mol. The first kappa shape index (κ1) is 16.7. The maximum Gasteiger partial charge on any atom is 0.323 e. The van der Waals surface area contributed by atoms with Gasteiger partial charge in [0, 0.05) is 19.1 Å². The molecule has 0 unspecified atom stereocenters. The van der Waals surface area contributed by atoms with E-state index in [1.54, 1.807) is 11.9 Å². The summed E-state index contributed by atoms with van der Waals surface area (Å²) in [5.41, 5.74) is -0.492. The van der Waals surface area contributed by atoms with Crippen LogP contribution < -0.4 is 0 Å². The van der Waals surface area contributed by atoms with Gasteiger partial charge in [0.25, 0.3) is 0 Å². The van der Waals surface area contributed by atoms with Crippen molar-refractivity contribution < 1.29 is 14.7 Å². The van der Waals surface area contributed by atoms with Gasteiger partial charge in [-0.05, 0) is 27.2 Å². The molecule has 0 aliphatic rings. The predicted octanol–water partition coefficient (Wildman–Crippen LogP) is 2.41. The van der Waals surface area contributed by atoms with Crippen molar-refractivity contribution >= 4 is 12.0 Å². The van der Waals surface area contributed by atoms with Crippen molar-refractivity contribution in [1.82, 2.24) is 9.80 Å². The average Bonchev–Trinajstić information content (AvgIpc) is 2.23. The minimum atomic E-state index is -0.986. The van der Waals surface area contributed by atoms with Gasteiger partial charge in [-0.1, -0.05) is 19.8 Å². The summed E-state index contributed by atoms with van der Waals surface area (Å²) in [6.45, 7) is 8.03. The Hall–Kier alpha value is -1.26. The highest BCUT2D eigenvalue weighted by molar-refractivity contribution is 5.80. The van der Waals surface area contributed by atoms with Crippen molar-refractivity contribution in [2.75, 3.05) is 20.1 Å². The molecule has 1 N–H and O–H groups in total. The third-order valence-electron chi connectivity index (χ3n) is 2.76. The number of carboxylic acid groups (broad SMARTS) is 1. The lowest BCUT2D eigenvalue weighted by atomic mass is 10.1. The number of urea groups is 1. The fourth-order valence-corrected chi connectivity index (χ4v) is 1.63. The highest BCUT2D eigenvalue weighted by Gasteiger charge is 2.30. The van der Waals surface area contributed by atoms with Crippen LogP contribution in [-0.2, 0) is 4.79 Å². The molecule has 0 saturated heterocycles. The fourth-order valence-electron chi connectivity index (χ4n) is 1.63. The van der Waals surface area contributed by atoms with Gasteiger partial charge >= 0.3 is 12.0 Å². The summed E-state index contributed by atoms with van der Waals surface area (Å²) in [5.74, 6) is -0.986. The molecule has 0 radical (unpaired) electrons. The average molecular weight is 258 g/mol. The van der Waals surface area contributed by atoms with Crippen LogP contribution in [0.5, 0.6) is 0 Å². The van der Waals surface area contributed by atoms with Crippen molar-refractivity contribution in [3.63, 3.8) is 0 Å². The SMILES string of the molecule is CCCCCN(C)C(=O)N(CC(=O)O)C(C)(C)C. The lowest BCUT2D eigenvalue weighted by molar-refractivity contribution is -0.138. The Bertz CT molecular complexity index is 284. The van der Waals surface area contributed by atoms with Gasteiger partial charge in [-0.15, -0.1) is 0 Å². The molecule has 0 spiro atoms. The van der Waals surface area contributed by atoms with Crippen LogP contribution in [0.1, 0.15) is 47.0 Å². The Morgan fingerprint density at radius 2 is 1.72 bits per heavy atom. The van der Waals surface area contributed by atoms with Crippen molar-refractivity contribution in [1.29, 1.82) is 0 Å². The summed E-state index contributed by atoms with van der Waals surface area (Å²) in [6, 6.07) is -0.221. The Morgan fingerprint density at radius 1 is 1.17 bits per heavy atom. The van der Waals surface area contributed by atoms with Gasteiger partial charge in [-0.25, -0.2) is 4.79 Å². The quantitative estimate of drug-likeness (QED) is 0.744. The summed E-state index contributed by atoms with van der Waals surface area (Å²) in [5, 5.41) is 8.88. The number of carbonyl (C=O) groups is 2. The molecule has 0 rings (SSSR count). The molecule has 18 heavy (non-hydrogen) atoms. The van der Waals surface area contributed by atoms with E-state index in [1.165, 1.54) is 4.90 Å². The van der Waals surface area contributed by atoms with Gasteiger partial charge < -0.3 is 14.9 Å². The number of hydrogen-bond acceptors (Lipinski definition) is 2. The van der Waals surface area contributed by atoms with Gasteiger partial charge in [-0.3, -0.25) is 4.79 Å². The number of amides is 2. The number of unbranched alkanes of at least 4 members (excludes halogenated alkanes) is 2. The highest BCUT2D eigenvalue weighted by Crippen LogP contribution is 2.15. The zero-order valence-corrected chi connectivity index (χ0v) is 12.2. The number of aliphatic carboxylic acids is 1. The van der Waals surface area contributed by atoms with Gasteiger partial charge in [-0.2, -0.15) is 0 Å². The number of carboxylic acids is 1. The molecule has 0 aliphatic carbocycles. The van der Waals surface area contributed by atoms with Crippen LogP contribution in [0.2, 0.25) is 0 Å². The summed E-state index contributed by atoms with van der Waals surface area (Å²) in [4.78, 5) is 26.0. The lowest BCUT2D eigenvalue weighted by Gasteiger charge is -2.37. The second-order valence-electron chi connectivity index (χ2n) is 5.56. The van der Waals surface area contributed by atoms with Crippen molar-refractivity contribution in [2.24, 2.45) is 0 Å². The molecule has 0 aliphatic heterocycles. The third kappa shape index (κ3) is 5.89. The predicted molar refractivity (Wildman–Crippen MR) is 71.6 cm³/mol. The number of nitrogens with zero attached hydrogens (tertiary/aromatic N) is 2. The number of carbonyl (C=O) groups excluding carboxylic acids is 1. The maximum atomic E-state index is 12.2. The molecule has 5 nitrogen and oxygen atoms in total. The molecule has 0 saturated carbocycles. The van der Waals surface area contributed by atoms with E-state index in [9.17, 15) is 9.59 Å². The van der Waals surface area contributed by atoms with Crippen molar-refractivity contribution in [3.8, 4) is 0 Å². The van der Waals surface area contributed by atoms with Crippen molar-refractivity contribution in [2.45, 2.75) is 52.5 Å². The zero-order valence-electron chi connectivity index (χ0n) is 12.2. The molecule has 2 amide bonds. The van der Waals surface area contributed by atoms with Crippen molar-refractivity contribution in [3.05, 3.63) is 0 Å². The molecule has 0 atom stereocenters. The minimum absolute atomic E-state index is 0.221. The van der Waals surface area contributed by atoms with E-state index in [4.69, 9.17) is 5.11 Å². The van der Waals surface area contributed by atoms with Crippen LogP contribution in [0.3, 0.4) is 0 Å². The topological polar surface area (TPSA) is 60.9 Å². The second-order valence-corrected chi connectivity index (χ2v) is 5.56. The molecule has 0 heterocycles. The molecule has 0 aromatic rings. The molecule has 0 aromatic heterocycles. The fraction of sp³-hybridized carbons (Fsp3) is 0.846. The summed E-state index contributed by atoms with van der Waals surface area (Å²) < 4.78 is 0. The smallest absolute Gasteiger partial charge is 0.323 e. The number of hydrogen-bond donors (Lipinski definition) is 1. The highest BCUT2D eigenvalue weighted by atomic mass is 16.4. The van der Waals surface area contributed by atoms with Crippen LogP contribution >= 0.6 is 0 Å². The maximum absolute atomic E-state index is 12.2. The molecular formula is C13H26N2O3. The van der Waals surface area contributed by atoms with Crippen LogP contribution in [0, 0.1) is 0 Å². The first-order valence-corrected chi connectivity index (χ1v) is 6.44. The zero-order chi connectivity index (χ0) is 14.3. The van der Waals surface area contributed by atoms with E-state index in [2.05, 4.69) is 6.92 Å².